The van der Waals surface area contributed by atoms with Crippen LogP contribution in [0.15, 0.2) is 59.9 Å². The van der Waals surface area contributed by atoms with Crippen LogP contribution in [-0.2, 0) is 11.3 Å². The van der Waals surface area contributed by atoms with Crippen LogP contribution in [0.1, 0.15) is 13.3 Å². The molecule has 1 aliphatic rings. The molecule has 1 aliphatic heterocycles. The zero-order chi connectivity index (χ0) is 20.3. The summed E-state index contributed by atoms with van der Waals surface area (Å²) in [5.74, 6) is 0.950. The molecule has 7 nitrogen and oxygen atoms in total. The standard InChI is InChI=1S/C22H32N6O/c1-2-23-22(25-12-15-26-13-6-7-14-26)24-11-10-21(29)28-18-16-27(17-19-28)20-8-4-3-5-9-20/h3-9,13-14H,2,10-12,15-19H2,1H3,(H2,23,24,25). The number of piperazine rings is 1. The predicted molar refractivity (Wildman–Crippen MR) is 118 cm³/mol. The summed E-state index contributed by atoms with van der Waals surface area (Å²) in [6, 6.07) is 14.4. The number of rotatable bonds is 8. The average Bonchev–Trinajstić information content (AvgIpc) is 3.28. The summed E-state index contributed by atoms with van der Waals surface area (Å²) in [7, 11) is 0. The van der Waals surface area contributed by atoms with E-state index in [9.17, 15) is 4.79 Å². The van der Waals surface area contributed by atoms with Crippen LogP contribution in [0.2, 0.25) is 0 Å². The number of carbonyl (C=O) groups is 1. The van der Waals surface area contributed by atoms with Crippen molar-refractivity contribution in [2.75, 3.05) is 50.7 Å². The van der Waals surface area contributed by atoms with Crippen molar-refractivity contribution in [2.24, 2.45) is 4.99 Å². The maximum atomic E-state index is 12.5. The summed E-state index contributed by atoms with van der Waals surface area (Å²) in [6.45, 7) is 8.30. The van der Waals surface area contributed by atoms with Crippen molar-refractivity contribution in [3.63, 3.8) is 0 Å². The van der Waals surface area contributed by atoms with Crippen molar-refractivity contribution in [3.05, 3.63) is 54.9 Å². The third-order valence-corrected chi connectivity index (χ3v) is 5.02. The van der Waals surface area contributed by atoms with Crippen LogP contribution in [0.5, 0.6) is 0 Å². The van der Waals surface area contributed by atoms with Crippen molar-refractivity contribution in [1.29, 1.82) is 0 Å². The normalized spacial score (nSPS) is 14.7. The van der Waals surface area contributed by atoms with Gasteiger partial charge in [-0.15, -0.1) is 0 Å². The smallest absolute Gasteiger partial charge is 0.224 e. The molecule has 1 aromatic heterocycles. The van der Waals surface area contributed by atoms with Gasteiger partial charge in [0.15, 0.2) is 5.96 Å². The highest BCUT2D eigenvalue weighted by Crippen LogP contribution is 2.15. The minimum absolute atomic E-state index is 0.185. The fourth-order valence-corrected chi connectivity index (χ4v) is 3.44. The first-order chi connectivity index (χ1) is 14.3. The van der Waals surface area contributed by atoms with Crippen molar-refractivity contribution in [2.45, 2.75) is 19.9 Å². The molecule has 0 unspecified atom stereocenters. The van der Waals surface area contributed by atoms with E-state index in [4.69, 9.17) is 0 Å². The highest BCUT2D eigenvalue weighted by molar-refractivity contribution is 5.81. The summed E-state index contributed by atoms with van der Waals surface area (Å²) in [5.41, 5.74) is 1.23. The molecule has 0 spiro atoms. The minimum atomic E-state index is 0.185. The van der Waals surface area contributed by atoms with Gasteiger partial charge >= 0.3 is 0 Å². The van der Waals surface area contributed by atoms with Crippen molar-refractivity contribution in [3.8, 4) is 0 Å². The Morgan fingerprint density at radius 3 is 2.41 bits per heavy atom. The summed E-state index contributed by atoms with van der Waals surface area (Å²) < 4.78 is 2.12. The lowest BCUT2D eigenvalue weighted by Gasteiger charge is -2.36. The maximum absolute atomic E-state index is 12.5. The Hall–Kier alpha value is -2.96. The third-order valence-electron chi connectivity index (χ3n) is 5.02. The lowest BCUT2D eigenvalue weighted by Crippen LogP contribution is -2.49. The monoisotopic (exact) mass is 396 g/mol. The largest absolute Gasteiger partial charge is 0.368 e. The number of nitrogens with one attached hydrogen (secondary N) is 2. The van der Waals surface area contributed by atoms with Crippen molar-refractivity contribution >= 4 is 17.6 Å². The van der Waals surface area contributed by atoms with E-state index >= 15 is 0 Å². The molecule has 0 radical (unpaired) electrons. The lowest BCUT2D eigenvalue weighted by molar-refractivity contribution is -0.131. The number of hydrogen-bond acceptors (Lipinski definition) is 3. The molecule has 156 valence electrons. The van der Waals surface area contributed by atoms with E-state index in [0.717, 1.165) is 51.8 Å². The van der Waals surface area contributed by atoms with E-state index in [0.29, 0.717) is 13.0 Å². The molecular weight excluding hydrogens is 364 g/mol. The molecule has 2 N–H and O–H groups in total. The van der Waals surface area contributed by atoms with E-state index in [2.05, 4.69) is 49.4 Å². The molecule has 7 heteroatoms. The number of para-hydroxylation sites is 1. The summed E-state index contributed by atoms with van der Waals surface area (Å²) >= 11 is 0. The Morgan fingerprint density at radius 1 is 1.00 bits per heavy atom. The van der Waals surface area contributed by atoms with Crippen LogP contribution in [0.3, 0.4) is 0 Å². The quantitative estimate of drug-likeness (QED) is 0.527. The Balaban J connectivity index is 1.39. The Morgan fingerprint density at radius 2 is 1.72 bits per heavy atom. The van der Waals surface area contributed by atoms with Crippen molar-refractivity contribution < 1.29 is 4.79 Å². The van der Waals surface area contributed by atoms with Crippen LogP contribution < -0.4 is 15.5 Å². The zero-order valence-corrected chi connectivity index (χ0v) is 17.3. The first-order valence-electron chi connectivity index (χ1n) is 10.5. The van der Waals surface area contributed by atoms with Gasteiger partial charge < -0.3 is 25.0 Å². The molecule has 2 heterocycles. The van der Waals surface area contributed by atoms with Crippen LogP contribution >= 0.6 is 0 Å². The van der Waals surface area contributed by atoms with Gasteiger partial charge in [0.05, 0.1) is 6.54 Å². The molecule has 1 saturated heterocycles. The molecule has 0 atom stereocenters. The van der Waals surface area contributed by atoms with Crippen molar-refractivity contribution in [1.82, 2.24) is 20.1 Å². The second-order valence-electron chi connectivity index (χ2n) is 7.06. The van der Waals surface area contributed by atoms with E-state index in [-0.39, 0.29) is 5.91 Å². The van der Waals surface area contributed by atoms with Crippen LogP contribution in [0.25, 0.3) is 0 Å². The molecule has 1 amide bonds. The summed E-state index contributed by atoms with van der Waals surface area (Å²) in [5, 5.41) is 6.56. The van der Waals surface area contributed by atoms with E-state index in [1.165, 1.54) is 5.69 Å². The fraction of sp³-hybridized carbons (Fsp3) is 0.455. The van der Waals surface area contributed by atoms with Crippen LogP contribution in [0, 0.1) is 0 Å². The van der Waals surface area contributed by atoms with Gasteiger partial charge in [-0.05, 0) is 31.2 Å². The Kier molecular flexibility index (Phi) is 7.98. The average molecular weight is 397 g/mol. The van der Waals surface area contributed by atoms with Gasteiger partial charge in [0.25, 0.3) is 0 Å². The number of nitrogens with zero attached hydrogens (tertiary/aromatic N) is 4. The summed E-state index contributed by atoms with van der Waals surface area (Å²) in [4.78, 5) is 21.4. The second-order valence-corrected chi connectivity index (χ2v) is 7.06. The van der Waals surface area contributed by atoms with Gasteiger partial charge in [-0.1, -0.05) is 18.2 Å². The van der Waals surface area contributed by atoms with Gasteiger partial charge in [0.2, 0.25) is 5.91 Å². The fourth-order valence-electron chi connectivity index (χ4n) is 3.44. The predicted octanol–water partition coefficient (Wildman–Crippen LogP) is 1.78. The second kappa shape index (κ2) is 11.1. The van der Waals surface area contributed by atoms with E-state index < -0.39 is 0 Å². The molecule has 0 saturated carbocycles. The van der Waals surface area contributed by atoms with Gasteiger partial charge in [-0.3, -0.25) is 9.79 Å². The molecule has 1 aromatic carbocycles. The number of aliphatic imine (C=N–C) groups is 1. The zero-order valence-electron chi connectivity index (χ0n) is 17.3. The summed E-state index contributed by atoms with van der Waals surface area (Å²) in [6.07, 6.45) is 4.53. The number of anilines is 1. The highest BCUT2D eigenvalue weighted by Gasteiger charge is 2.20. The number of aromatic nitrogens is 1. The van der Waals surface area contributed by atoms with Gasteiger partial charge in [0, 0.05) is 70.3 Å². The van der Waals surface area contributed by atoms with E-state index in [1.807, 2.05) is 42.4 Å². The minimum Gasteiger partial charge on any atom is -0.368 e. The van der Waals surface area contributed by atoms with Crippen LogP contribution in [-0.4, -0.2) is 67.1 Å². The molecule has 3 rings (SSSR count). The third kappa shape index (κ3) is 6.55. The van der Waals surface area contributed by atoms with Gasteiger partial charge in [-0.25, -0.2) is 0 Å². The highest BCUT2D eigenvalue weighted by atomic mass is 16.2. The SMILES string of the molecule is CCNC(=NCCC(=O)N1CCN(c2ccccc2)CC1)NCCn1cccc1. The maximum Gasteiger partial charge on any atom is 0.224 e. The molecule has 2 aromatic rings. The molecular formula is C22H32N6O. The Bertz CT molecular complexity index is 751. The molecule has 1 fully saturated rings. The van der Waals surface area contributed by atoms with Gasteiger partial charge in [-0.2, -0.15) is 0 Å². The number of guanidine groups is 1. The number of benzene rings is 1. The number of hydrogen-bond donors (Lipinski definition) is 2. The van der Waals surface area contributed by atoms with Gasteiger partial charge in [0.1, 0.15) is 0 Å². The van der Waals surface area contributed by atoms with E-state index in [1.54, 1.807) is 0 Å². The first kappa shape index (κ1) is 20.8. The first-order valence-corrected chi connectivity index (χ1v) is 10.5. The topological polar surface area (TPSA) is 64.9 Å². The number of carbonyl (C=O) groups excluding carboxylic acids is 1. The number of amides is 1. The molecule has 0 aliphatic carbocycles. The molecule has 0 bridgehead atoms. The lowest BCUT2D eigenvalue weighted by atomic mass is 10.2. The van der Waals surface area contributed by atoms with Crippen LogP contribution in [0.4, 0.5) is 5.69 Å². The Labute approximate surface area is 173 Å². The molecule has 29 heavy (non-hydrogen) atoms.